The molecule has 0 aliphatic carbocycles. The van der Waals surface area contributed by atoms with Gasteiger partial charge >= 0.3 is 5.69 Å². The highest BCUT2D eigenvalue weighted by molar-refractivity contribution is 5.23. The van der Waals surface area contributed by atoms with E-state index in [1.165, 1.54) is 26.3 Å². The Morgan fingerprint density at radius 3 is 2.83 bits per heavy atom. The number of nitrogen functional groups attached to an aromatic ring is 1. The Hall–Kier alpha value is -1.48. The molecule has 8 nitrogen and oxygen atoms in total. The summed E-state index contributed by atoms with van der Waals surface area (Å²) in [6.07, 6.45) is -2.06. The number of anilines is 1. The molecule has 1 aromatic heterocycles. The lowest BCUT2D eigenvalue weighted by Crippen LogP contribution is -2.46. The molecular weight excluding hydrogens is 242 g/mol. The molecule has 18 heavy (non-hydrogen) atoms. The predicted octanol–water partition coefficient (Wildman–Crippen LogP) is -1.56. The first kappa shape index (κ1) is 13.0. The van der Waals surface area contributed by atoms with E-state index < -0.39 is 29.9 Å². The van der Waals surface area contributed by atoms with Crippen LogP contribution in [0.1, 0.15) is 13.2 Å². The maximum atomic E-state index is 11.7. The van der Waals surface area contributed by atoms with E-state index in [1.807, 2.05) is 0 Å². The summed E-state index contributed by atoms with van der Waals surface area (Å²) in [6.45, 7) is 1.35. The van der Waals surface area contributed by atoms with Gasteiger partial charge in [-0.25, -0.2) is 4.79 Å². The van der Waals surface area contributed by atoms with Crippen LogP contribution in [0.25, 0.3) is 0 Å². The Kier molecular flexibility index (Phi) is 3.11. The second-order valence-electron chi connectivity index (χ2n) is 4.31. The van der Waals surface area contributed by atoms with Gasteiger partial charge in [-0.2, -0.15) is 4.98 Å². The zero-order valence-electron chi connectivity index (χ0n) is 9.98. The topological polar surface area (TPSA) is 120 Å². The average Bonchev–Trinajstić information content (AvgIpc) is 2.52. The maximum Gasteiger partial charge on any atom is 0.351 e. The molecule has 2 heterocycles. The molecule has 4 N–H and O–H groups in total. The summed E-state index contributed by atoms with van der Waals surface area (Å²) in [7, 11) is 1.33. The van der Waals surface area contributed by atoms with E-state index in [2.05, 4.69) is 4.98 Å². The Morgan fingerprint density at radius 2 is 2.33 bits per heavy atom. The smallest absolute Gasteiger partial charge is 0.351 e. The quantitative estimate of drug-likeness (QED) is 0.586. The summed E-state index contributed by atoms with van der Waals surface area (Å²) in [5, 5.41) is 20.0. The largest absolute Gasteiger partial charge is 0.385 e. The van der Waals surface area contributed by atoms with Crippen molar-refractivity contribution in [2.24, 2.45) is 0 Å². The maximum absolute atomic E-state index is 11.7. The van der Waals surface area contributed by atoms with Gasteiger partial charge in [0.2, 0.25) is 0 Å². The minimum atomic E-state index is -1.68. The van der Waals surface area contributed by atoms with Crippen LogP contribution in [0.5, 0.6) is 0 Å². The minimum absolute atomic E-state index is 0.0673. The lowest BCUT2D eigenvalue weighted by atomic mass is 9.99. The highest BCUT2D eigenvalue weighted by Crippen LogP contribution is 2.37. The third-order valence-electron chi connectivity index (χ3n) is 2.96. The van der Waals surface area contributed by atoms with Crippen LogP contribution in [-0.4, -0.2) is 44.9 Å². The fraction of sp³-hybridized carbons (Fsp3) is 0.600. The molecule has 1 aliphatic rings. The zero-order chi connectivity index (χ0) is 13.5. The van der Waals surface area contributed by atoms with Crippen LogP contribution in [0.4, 0.5) is 5.82 Å². The van der Waals surface area contributed by atoms with E-state index >= 15 is 0 Å². The highest BCUT2D eigenvalue weighted by Gasteiger charge is 2.53. The Labute approximate surface area is 103 Å². The van der Waals surface area contributed by atoms with Crippen molar-refractivity contribution in [1.82, 2.24) is 9.55 Å². The third kappa shape index (κ3) is 1.89. The van der Waals surface area contributed by atoms with Crippen molar-refractivity contribution in [3.8, 4) is 0 Å². The lowest BCUT2D eigenvalue weighted by Gasteiger charge is -2.26. The molecule has 1 aromatic rings. The monoisotopic (exact) mass is 257 g/mol. The van der Waals surface area contributed by atoms with E-state index in [0.29, 0.717) is 0 Å². The first-order valence-corrected chi connectivity index (χ1v) is 5.31. The summed E-state index contributed by atoms with van der Waals surface area (Å²) >= 11 is 0. The predicted molar refractivity (Wildman–Crippen MR) is 60.5 cm³/mol. The number of aliphatic hydroxyl groups excluding tert-OH is 1. The Morgan fingerprint density at radius 1 is 1.67 bits per heavy atom. The van der Waals surface area contributed by atoms with E-state index in [1.54, 1.807) is 0 Å². The number of aromatic nitrogens is 2. The van der Waals surface area contributed by atoms with Gasteiger partial charge in [0.1, 0.15) is 17.5 Å². The van der Waals surface area contributed by atoms with Crippen LogP contribution < -0.4 is 11.4 Å². The zero-order valence-corrected chi connectivity index (χ0v) is 9.98. The van der Waals surface area contributed by atoms with Gasteiger partial charge in [-0.05, 0) is 13.0 Å². The fourth-order valence-electron chi connectivity index (χ4n) is 1.90. The summed E-state index contributed by atoms with van der Waals surface area (Å²) < 4.78 is 11.2. The molecule has 2 unspecified atom stereocenters. The average molecular weight is 257 g/mol. The van der Waals surface area contributed by atoms with Gasteiger partial charge in [0.05, 0.1) is 0 Å². The number of hydrogen-bond acceptors (Lipinski definition) is 7. The van der Waals surface area contributed by atoms with Crippen LogP contribution in [0.15, 0.2) is 17.1 Å². The van der Waals surface area contributed by atoms with Gasteiger partial charge in [0.25, 0.3) is 0 Å². The molecule has 4 atom stereocenters. The van der Waals surface area contributed by atoms with E-state index in [9.17, 15) is 15.0 Å². The molecule has 1 fully saturated rings. The first-order valence-electron chi connectivity index (χ1n) is 5.31. The van der Waals surface area contributed by atoms with Crippen LogP contribution in [0.3, 0.4) is 0 Å². The van der Waals surface area contributed by atoms with E-state index in [4.69, 9.17) is 15.2 Å². The number of aliphatic hydroxyl groups is 2. The van der Waals surface area contributed by atoms with Crippen molar-refractivity contribution in [2.75, 3.05) is 12.8 Å². The minimum Gasteiger partial charge on any atom is -0.385 e. The highest BCUT2D eigenvalue weighted by atomic mass is 16.7. The number of methoxy groups -OCH3 is 1. The number of hydrogen-bond donors (Lipinski definition) is 3. The van der Waals surface area contributed by atoms with Crippen molar-refractivity contribution in [1.29, 1.82) is 0 Å². The molecule has 2 rings (SSSR count). The molecule has 1 saturated heterocycles. The van der Waals surface area contributed by atoms with Gasteiger partial charge < -0.3 is 25.4 Å². The van der Waals surface area contributed by atoms with Gasteiger partial charge in [0.15, 0.2) is 12.5 Å². The molecule has 0 radical (unpaired) electrons. The summed E-state index contributed by atoms with van der Waals surface area (Å²) in [6, 6.07) is 1.40. The molecule has 0 amide bonds. The summed E-state index contributed by atoms with van der Waals surface area (Å²) in [5.41, 5.74) is 3.02. The van der Waals surface area contributed by atoms with Crippen molar-refractivity contribution < 1.29 is 19.7 Å². The van der Waals surface area contributed by atoms with E-state index in [0.717, 1.165) is 4.57 Å². The molecule has 0 bridgehead atoms. The van der Waals surface area contributed by atoms with Crippen LogP contribution in [-0.2, 0) is 9.47 Å². The molecule has 100 valence electrons. The second kappa shape index (κ2) is 4.32. The van der Waals surface area contributed by atoms with Crippen LogP contribution >= 0.6 is 0 Å². The first-order chi connectivity index (χ1) is 8.37. The normalized spacial score (nSPS) is 35.9. The number of rotatable bonds is 2. The number of nitrogens with zero attached hydrogens (tertiary/aromatic N) is 2. The van der Waals surface area contributed by atoms with Crippen molar-refractivity contribution >= 4 is 5.82 Å². The molecule has 0 saturated carbocycles. The number of nitrogens with two attached hydrogens (primary N) is 1. The molecule has 8 heteroatoms. The van der Waals surface area contributed by atoms with Crippen LogP contribution in [0, 0.1) is 0 Å². The third-order valence-corrected chi connectivity index (χ3v) is 2.96. The molecule has 1 aliphatic heterocycles. The number of ether oxygens (including phenoxy) is 2. The fourth-order valence-corrected chi connectivity index (χ4v) is 1.90. The Bertz CT molecular complexity index is 501. The second-order valence-corrected chi connectivity index (χ2v) is 4.31. The van der Waals surface area contributed by atoms with Gasteiger partial charge in [-0.15, -0.1) is 0 Å². The van der Waals surface area contributed by atoms with Gasteiger partial charge in [-0.1, -0.05) is 0 Å². The van der Waals surface area contributed by atoms with Crippen LogP contribution in [0.2, 0.25) is 0 Å². The lowest BCUT2D eigenvalue weighted by molar-refractivity contribution is -0.162. The molecular formula is C10H15N3O5. The summed E-state index contributed by atoms with van der Waals surface area (Å²) in [5.74, 6) is 0.0673. The van der Waals surface area contributed by atoms with Crippen molar-refractivity contribution in [3.63, 3.8) is 0 Å². The van der Waals surface area contributed by atoms with Crippen molar-refractivity contribution in [2.45, 2.75) is 31.1 Å². The Balaban J connectivity index is 2.42. The summed E-state index contributed by atoms with van der Waals surface area (Å²) in [4.78, 5) is 15.2. The molecule has 0 spiro atoms. The SMILES string of the molecule is CO[C@H]1O[C@@H](n2ccc(N)nc2=O)C(C)(O)C1O. The van der Waals surface area contributed by atoms with Gasteiger partial charge in [0, 0.05) is 13.3 Å². The molecule has 0 aromatic carbocycles. The van der Waals surface area contributed by atoms with E-state index in [-0.39, 0.29) is 5.82 Å². The van der Waals surface area contributed by atoms with Gasteiger partial charge in [-0.3, -0.25) is 4.57 Å². The van der Waals surface area contributed by atoms with Crippen molar-refractivity contribution in [3.05, 3.63) is 22.7 Å². The standard InChI is InChI=1S/C10H15N3O5/c1-10(16)6(14)7(17-2)18-8(10)13-4-3-5(11)12-9(13)15/h3-4,6-8,14,16H,1-2H3,(H2,11,12,15)/t6?,7-,8+,10?/m0/s1.